The van der Waals surface area contributed by atoms with Crippen LogP contribution in [0.2, 0.25) is 0 Å². The highest BCUT2D eigenvalue weighted by atomic mass is 16.6. The Morgan fingerprint density at radius 3 is 2.26 bits per heavy atom. The Morgan fingerprint density at radius 1 is 1.03 bits per heavy atom. The summed E-state index contributed by atoms with van der Waals surface area (Å²) < 4.78 is 20.2. The molecule has 0 bridgehead atoms. The predicted octanol–water partition coefficient (Wildman–Crippen LogP) is 2.13. The first-order valence-electron chi connectivity index (χ1n) is 9.55. The second-order valence-corrected chi connectivity index (χ2v) is 6.85. The number of amides is 2. The first-order valence-corrected chi connectivity index (χ1v) is 9.55. The number of hydrogen-bond acceptors (Lipinski definition) is 7. The molecule has 9 nitrogen and oxygen atoms in total. The summed E-state index contributed by atoms with van der Waals surface area (Å²) in [5.74, 6) is 0.442. The monoisotopic (exact) mass is 428 g/mol. The Balaban J connectivity index is 1.65. The second-order valence-electron chi connectivity index (χ2n) is 6.85. The fourth-order valence-corrected chi connectivity index (χ4v) is 3.18. The molecule has 1 heterocycles. The van der Waals surface area contributed by atoms with Crippen molar-refractivity contribution in [3.63, 3.8) is 0 Å². The van der Waals surface area contributed by atoms with Gasteiger partial charge in [0.05, 0.1) is 33.4 Å². The largest absolute Gasteiger partial charge is 0.497 e. The molecule has 1 atom stereocenters. The lowest BCUT2D eigenvalue weighted by Crippen LogP contribution is -2.45. The zero-order chi connectivity index (χ0) is 22.4. The van der Waals surface area contributed by atoms with E-state index in [1.165, 1.54) is 12.0 Å². The third-order valence-electron chi connectivity index (χ3n) is 4.88. The van der Waals surface area contributed by atoms with Crippen molar-refractivity contribution >= 4 is 18.0 Å². The van der Waals surface area contributed by atoms with E-state index in [2.05, 4.69) is 10.1 Å². The highest BCUT2D eigenvalue weighted by molar-refractivity contribution is 5.89. The van der Waals surface area contributed by atoms with Crippen LogP contribution >= 0.6 is 0 Å². The summed E-state index contributed by atoms with van der Waals surface area (Å²) in [7, 11) is 4.41. The zero-order valence-electron chi connectivity index (χ0n) is 17.5. The number of rotatable bonds is 8. The summed E-state index contributed by atoms with van der Waals surface area (Å²) >= 11 is 0. The molecule has 0 radical (unpaired) electrons. The molecule has 0 spiro atoms. The molecule has 2 amide bonds. The summed E-state index contributed by atoms with van der Waals surface area (Å²) in [4.78, 5) is 37.8. The Kier molecular flexibility index (Phi) is 6.96. The molecule has 1 N–H and O–H groups in total. The summed E-state index contributed by atoms with van der Waals surface area (Å²) in [5.41, 5.74) is 1.94. The summed E-state index contributed by atoms with van der Waals surface area (Å²) in [5, 5.41) is 2.83. The van der Waals surface area contributed by atoms with Gasteiger partial charge in [0, 0.05) is 12.6 Å². The third-order valence-corrected chi connectivity index (χ3v) is 4.88. The van der Waals surface area contributed by atoms with E-state index in [4.69, 9.17) is 14.2 Å². The molecule has 1 fully saturated rings. The van der Waals surface area contributed by atoms with E-state index in [0.717, 1.165) is 11.1 Å². The van der Waals surface area contributed by atoms with Crippen molar-refractivity contribution in [2.75, 3.05) is 27.9 Å². The van der Waals surface area contributed by atoms with Crippen LogP contribution in [0.3, 0.4) is 0 Å². The summed E-state index contributed by atoms with van der Waals surface area (Å²) in [6.07, 6.45) is -0.569. The first kappa shape index (κ1) is 21.9. The number of carbonyl (C=O) groups is 3. The van der Waals surface area contributed by atoms with Crippen LogP contribution < -0.4 is 14.8 Å². The first-order chi connectivity index (χ1) is 14.9. The number of esters is 1. The lowest BCUT2D eigenvalue weighted by Gasteiger charge is -2.21. The lowest BCUT2D eigenvalue weighted by molar-refractivity contribution is -0.125. The number of ether oxygens (including phenoxy) is 4. The molecule has 164 valence electrons. The summed E-state index contributed by atoms with van der Waals surface area (Å²) in [6.45, 7) is 0.371. The molecule has 31 heavy (non-hydrogen) atoms. The smallest absolute Gasteiger partial charge is 0.410 e. The number of methoxy groups -OCH3 is 3. The minimum atomic E-state index is -0.764. The molecule has 0 unspecified atom stereocenters. The van der Waals surface area contributed by atoms with Gasteiger partial charge in [0.2, 0.25) is 5.91 Å². The Labute approximate surface area is 179 Å². The molecule has 0 aliphatic carbocycles. The van der Waals surface area contributed by atoms with Crippen LogP contribution in [0, 0.1) is 0 Å². The van der Waals surface area contributed by atoms with Gasteiger partial charge >= 0.3 is 12.1 Å². The quantitative estimate of drug-likeness (QED) is 0.643. The topological polar surface area (TPSA) is 103 Å². The van der Waals surface area contributed by atoms with Gasteiger partial charge < -0.3 is 24.3 Å². The van der Waals surface area contributed by atoms with E-state index in [1.54, 1.807) is 56.7 Å². The van der Waals surface area contributed by atoms with Crippen molar-refractivity contribution in [2.45, 2.75) is 19.1 Å². The molecule has 0 saturated carbocycles. The normalized spacial score (nSPS) is 15.3. The molecule has 0 aromatic heterocycles. The number of nitrogens with zero attached hydrogens (tertiary/aromatic N) is 1. The van der Waals surface area contributed by atoms with Crippen molar-refractivity contribution in [1.29, 1.82) is 0 Å². The maximum absolute atomic E-state index is 12.7. The number of cyclic esters (lactones) is 1. The van der Waals surface area contributed by atoms with Gasteiger partial charge in [-0.25, -0.2) is 9.59 Å². The summed E-state index contributed by atoms with van der Waals surface area (Å²) in [6, 6.07) is 11.2. The minimum absolute atomic E-state index is 0.0354. The second kappa shape index (κ2) is 9.84. The number of hydrogen-bond donors (Lipinski definition) is 1. The van der Waals surface area contributed by atoms with Gasteiger partial charge in [0.1, 0.15) is 24.1 Å². The van der Waals surface area contributed by atoms with E-state index in [0.29, 0.717) is 17.1 Å². The highest BCUT2D eigenvalue weighted by Crippen LogP contribution is 2.23. The average molecular weight is 428 g/mol. The predicted molar refractivity (Wildman–Crippen MR) is 110 cm³/mol. The van der Waals surface area contributed by atoms with E-state index in [1.807, 2.05) is 0 Å². The standard InChI is InChI=1S/C22H24N2O7/c1-28-17-8-15(9-18(10-17)29-2)11-23-20(25)19-13-31-22(27)24(19)12-14-4-6-16(7-5-14)21(26)30-3/h4-10,19H,11-13H2,1-3H3,(H,23,25)/t19-/m0/s1. The number of nitrogens with one attached hydrogen (secondary N) is 1. The lowest BCUT2D eigenvalue weighted by atomic mass is 10.1. The zero-order valence-corrected chi connectivity index (χ0v) is 17.5. The van der Waals surface area contributed by atoms with Crippen LogP contribution in [0.5, 0.6) is 11.5 Å². The van der Waals surface area contributed by atoms with Gasteiger partial charge in [-0.2, -0.15) is 0 Å². The van der Waals surface area contributed by atoms with Crippen LogP contribution in [0.1, 0.15) is 21.5 Å². The Hall–Kier alpha value is -3.75. The van der Waals surface area contributed by atoms with E-state index >= 15 is 0 Å². The molecular weight excluding hydrogens is 404 g/mol. The Bertz CT molecular complexity index is 937. The van der Waals surface area contributed by atoms with Crippen molar-refractivity contribution in [1.82, 2.24) is 10.2 Å². The number of carbonyl (C=O) groups excluding carboxylic acids is 3. The van der Waals surface area contributed by atoms with Crippen LogP contribution in [0.4, 0.5) is 4.79 Å². The van der Waals surface area contributed by atoms with Crippen molar-refractivity contribution in [3.05, 3.63) is 59.2 Å². The molecule has 1 aliphatic rings. The van der Waals surface area contributed by atoms with E-state index < -0.39 is 18.1 Å². The molecule has 2 aromatic carbocycles. The Morgan fingerprint density at radius 2 is 1.68 bits per heavy atom. The molecule has 1 aliphatic heterocycles. The molecule has 9 heteroatoms. The van der Waals surface area contributed by atoms with Crippen LogP contribution in [-0.4, -0.2) is 56.8 Å². The van der Waals surface area contributed by atoms with Crippen molar-refractivity contribution in [3.8, 4) is 11.5 Å². The average Bonchev–Trinajstić information content (AvgIpc) is 3.17. The maximum Gasteiger partial charge on any atom is 0.410 e. The van der Waals surface area contributed by atoms with Gasteiger partial charge in [-0.1, -0.05) is 12.1 Å². The molecule has 2 aromatic rings. The highest BCUT2D eigenvalue weighted by Gasteiger charge is 2.37. The maximum atomic E-state index is 12.7. The van der Waals surface area contributed by atoms with Crippen molar-refractivity contribution in [2.24, 2.45) is 0 Å². The van der Waals surface area contributed by atoms with Crippen LogP contribution in [-0.2, 0) is 27.4 Å². The van der Waals surface area contributed by atoms with Gasteiger partial charge in [-0.15, -0.1) is 0 Å². The van der Waals surface area contributed by atoms with E-state index in [9.17, 15) is 14.4 Å². The fourth-order valence-electron chi connectivity index (χ4n) is 3.18. The molecule has 3 rings (SSSR count). The van der Waals surface area contributed by atoms with Gasteiger partial charge in [-0.05, 0) is 35.4 Å². The van der Waals surface area contributed by atoms with Gasteiger partial charge in [-0.3, -0.25) is 9.69 Å². The molecule has 1 saturated heterocycles. The SMILES string of the molecule is COC(=O)c1ccc(CN2C(=O)OC[C@H]2C(=O)NCc2cc(OC)cc(OC)c2)cc1. The fraction of sp³-hybridized carbons (Fsp3) is 0.318. The minimum Gasteiger partial charge on any atom is -0.497 e. The molecular formula is C22H24N2O7. The third kappa shape index (κ3) is 5.25. The van der Waals surface area contributed by atoms with Crippen LogP contribution in [0.15, 0.2) is 42.5 Å². The van der Waals surface area contributed by atoms with Gasteiger partial charge in [0.15, 0.2) is 0 Å². The number of benzene rings is 2. The van der Waals surface area contributed by atoms with Gasteiger partial charge in [0.25, 0.3) is 0 Å². The van der Waals surface area contributed by atoms with Crippen molar-refractivity contribution < 1.29 is 33.3 Å². The van der Waals surface area contributed by atoms with E-state index in [-0.39, 0.29) is 25.6 Å². The van der Waals surface area contributed by atoms with Crippen LogP contribution in [0.25, 0.3) is 0 Å².